The van der Waals surface area contributed by atoms with E-state index in [0.717, 1.165) is 0 Å². The molecule has 1 aromatic heterocycles. The van der Waals surface area contributed by atoms with E-state index in [9.17, 15) is 0 Å². The lowest BCUT2D eigenvalue weighted by Gasteiger charge is -2.09. The minimum Gasteiger partial charge on any atom is -0.492 e. The van der Waals surface area contributed by atoms with Crippen molar-refractivity contribution in [3.63, 3.8) is 0 Å². The van der Waals surface area contributed by atoms with Crippen molar-refractivity contribution < 1.29 is 29.0 Å². The molecule has 96 valence electrons. The van der Waals surface area contributed by atoms with Crippen molar-refractivity contribution in [1.29, 1.82) is 0 Å². The van der Waals surface area contributed by atoms with Gasteiger partial charge < -0.3 is 29.0 Å². The zero-order valence-corrected chi connectivity index (χ0v) is 9.79. The normalized spacial score (nSPS) is 10.7. The quantitative estimate of drug-likeness (QED) is 0.621. The third-order valence-electron chi connectivity index (χ3n) is 2.44. The number of rotatable bonds is 5. The van der Waals surface area contributed by atoms with E-state index in [-0.39, 0.29) is 18.9 Å². The molecule has 2 rings (SSSR count). The monoisotopic (exact) mass is 252 g/mol. The van der Waals surface area contributed by atoms with Crippen LogP contribution in [0.1, 0.15) is 0 Å². The summed E-state index contributed by atoms with van der Waals surface area (Å²) in [7, 11) is -0.202. The number of benzene rings is 1. The number of methoxy groups -OCH3 is 1. The maximum Gasteiger partial charge on any atom is 0.526 e. The molecule has 0 spiro atoms. The standard InChI is InChI=1S/C11H13BO6/c1-16-11-7-6-10(12(14)15)18-8(7)2-3-9(11)17-5-4-13/h2-3,6,13-15H,4-5H2,1H3. The molecule has 0 amide bonds. The van der Waals surface area contributed by atoms with E-state index < -0.39 is 7.12 Å². The summed E-state index contributed by atoms with van der Waals surface area (Å²) in [6.07, 6.45) is 0. The number of aliphatic hydroxyl groups excluding tert-OH is 1. The summed E-state index contributed by atoms with van der Waals surface area (Å²) in [5, 5.41) is 27.4. The van der Waals surface area contributed by atoms with Gasteiger partial charge in [0, 0.05) is 0 Å². The summed E-state index contributed by atoms with van der Waals surface area (Å²) < 4.78 is 15.8. The lowest BCUT2D eigenvalue weighted by molar-refractivity contribution is 0.197. The van der Waals surface area contributed by atoms with Gasteiger partial charge in [-0.25, -0.2) is 0 Å². The van der Waals surface area contributed by atoms with Crippen LogP contribution in [0.2, 0.25) is 0 Å². The van der Waals surface area contributed by atoms with Crippen molar-refractivity contribution in [2.24, 2.45) is 0 Å². The van der Waals surface area contributed by atoms with Crippen molar-refractivity contribution in [2.45, 2.75) is 0 Å². The van der Waals surface area contributed by atoms with Crippen LogP contribution in [0.5, 0.6) is 11.5 Å². The van der Waals surface area contributed by atoms with E-state index >= 15 is 0 Å². The van der Waals surface area contributed by atoms with Gasteiger partial charge in [0.2, 0.25) is 0 Å². The van der Waals surface area contributed by atoms with Gasteiger partial charge in [-0.05, 0) is 18.2 Å². The fourth-order valence-electron chi connectivity index (χ4n) is 1.69. The Kier molecular flexibility index (Phi) is 3.76. The molecule has 18 heavy (non-hydrogen) atoms. The molecule has 0 aliphatic rings. The Morgan fingerprint density at radius 3 is 2.72 bits per heavy atom. The average molecular weight is 252 g/mol. The molecule has 0 fully saturated rings. The summed E-state index contributed by atoms with van der Waals surface area (Å²) in [6, 6.07) is 4.74. The van der Waals surface area contributed by atoms with E-state index in [1.165, 1.54) is 13.2 Å². The highest BCUT2D eigenvalue weighted by Gasteiger charge is 2.20. The minimum atomic E-state index is -1.68. The highest BCUT2D eigenvalue weighted by atomic mass is 16.5. The molecule has 2 aromatic rings. The molecule has 0 atom stereocenters. The second-order valence-corrected chi connectivity index (χ2v) is 3.60. The molecule has 1 heterocycles. The third-order valence-corrected chi connectivity index (χ3v) is 2.44. The van der Waals surface area contributed by atoms with E-state index in [4.69, 9.17) is 29.0 Å². The van der Waals surface area contributed by atoms with Gasteiger partial charge in [-0.2, -0.15) is 0 Å². The first-order valence-corrected chi connectivity index (χ1v) is 5.37. The van der Waals surface area contributed by atoms with Crippen LogP contribution in [0.3, 0.4) is 0 Å². The summed E-state index contributed by atoms with van der Waals surface area (Å²) in [5.41, 5.74) is 0.494. The molecule has 0 radical (unpaired) electrons. The Bertz CT molecular complexity index is 536. The Morgan fingerprint density at radius 1 is 1.33 bits per heavy atom. The van der Waals surface area contributed by atoms with Gasteiger partial charge in [0.15, 0.2) is 11.5 Å². The average Bonchev–Trinajstić information content (AvgIpc) is 2.79. The number of hydrogen-bond donors (Lipinski definition) is 3. The Balaban J connectivity index is 2.49. The van der Waals surface area contributed by atoms with Crippen LogP contribution < -0.4 is 15.1 Å². The lowest BCUT2D eigenvalue weighted by Crippen LogP contribution is -2.27. The highest BCUT2D eigenvalue weighted by Crippen LogP contribution is 2.35. The van der Waals surface area contributed by atoms with Crippen LogP contribution in [0.15, 0.2) is 22.6 Å². The molecule has 0 bridgehead atoms. The van der Waals surface area contributed by atoms with Crippen molar-refractivity contribution in [2.75, 3.05) is 20.3 Å². The fraction of sp³-hybridized carbons (Fsp3) is 0.273. The molecule has 1 aromatic carbocycles. The summed E-state index contributed by atoms with van der Waals surface area (Å²) in [5.74, 6) is 0.885. The number of hydrogen-bond acceptors (Lipinski definition) is 6. The molecule has 0 aliphatic heterocycles. The summed E-state index contributed by atoms with van der Waals surface area (Å²) in [6.45, 7) is 0.0440. The first kappa shape index (κ1) is 12.8. The largest absolute Gasteiger partial charge is 0.526 e. The minimum absolute atomic E-state index is 0.0302. The van der Waals surface area contributed by atoms with Crippen molar-refractivity contribution in [3.8, 4) is 11.5 Å². The van der Waals surface area contributed by atoms with Gasteiger partial charge in [0.05, 0.1) is 19.1 Å². The van der Waals surface area contributed by atoms with Crippen molar-refractivity contribution in [3.05, 3.63) is 18.2 Å². The maximum atomic E-state index is 9.06. The summed E-state index contributed by atoms with van der Waals surface area (Å²) >= 11 is 0. The van der Waals surface area contributed by atoms with Crippen LogP contribution in [0, 0.1) is 0 Å². The van der Waals surface area contributed by atoms with Crippen LogP contribution in [0.25, 0.3) is 11.0 Å². The first-order valence-electron chi connectivity index (χ1n) is 5.37. The van der Waals surface area contributed by atoms with Crippen LogP contribution >= 0.6 is 0 Å². The number of furan rings is 1. The third kappa shape index (κ3) is 2.28. The molecule has 0 saturated heterocycles. The molecule has 0 saturated carbocycles. The molecule has 0 aliphatic carbocycles. The second kappa shape index (κ2) is 5.30. The molecule has 3 N–H and O–H groups in total. The molecule has 6 nitrogen and oxygen atoms in total. The van der Waals surface area contributed by atoms with Gasteiger partial charge in [0.1, 0.15) is 17.8 Å². The number of ether oxygens (including phenoxy) is 2. The SMILES string of the molecule is COc1c(OCCO)ccc2oc(B(O)O)cc12. The van der Waals surface area contributed by atoms with E-state index in [0.29, 0.717) is 22.5 Å². The summed E-state index contributed by atoms with van der Waals surface area (Å²) in [4.78, 5) is 0. The smallest absolute Gasteiger partial charge is 0.492 e. The van der Waals surface area contributed by atoms with E-state index in [2.05, 4.69) is 0 Å². The molecular weight excluding hydrogens is 239 g/mol. The second-order valence-electron chi connectivity index (χ2n) is 3.60. The predicted molar refractivity (Wildman–Crippen MR) is 65.2 cm³/mol. The van der Waals surface area contributed by atoms with Crippen LogP contribution in [0.4, 0.5) is 0 Å². The maximum absolute atomic E-state index is 9.06. The van der Waals surface area contributed by atoms with E-state index in [1.807, 2.05) is 0 Å². The predicted octanol–water partition coefficient (Wildman–Crippen LogP) is -0.508. The van der Waals surface area contributed by atoms with Crippen molar-refractivity contribution >= 4 is 23.7 Å². The zero-order valence-electron chi connectivity index (χ0n) is 9.79. The molecular formula is C11H13BO6. The van der Waals surface area contributed by atoms with Gasteiger partial charge in [-0.3, -0.25) is 0 Å². The number of aliphatic hydroxyl groups is 1. The van der Waals surface area contributed by atoms with Gasteiger partial charge in [-0.15, -0.1) is 0 Å². The fourth-order valence-corrected chi connectivity index (χ4v) is 1.69. The lowest BCUT2D eigenvalue weighted by atomic mass is 9.88. The molecule has 0 unspecified atom stereocenters. The van der Waals surface area contributed by atoms with Gasteiger partial charge in [0.25, 0.3) is 0 Å². The topological polar surface area (TPSA) is 92.3 Å². The van der Waals surface area contributed by atoms with Crippen molar-refractivity contribution in [1.82, 2.24) is 0 Å². The first-order chi connectivity index (χ1) is 8.67. The number of fused-ring (bicyclic) bond motifs is 1. The van der Waals surface area contributed by atoms with Crippen LogP contribution in [-0.2, 0) is 0 Å². The Labute approximate surface area is 104 Å². The van der Waals surface area contributed by atoms with Crippen LogP contribution in [-0.4, -0.2) is 42.6 Å². The van der Waals surface area contributed by atoms with Gasteiger partial charge in [-0.1, -0.05) is 0 Å². The highest BCUT2D eigenvalue weighted by molar-refractivity contribution is 6.57. The van der Waals surface area contributed by atoms with Gasteiger partial charge >= 0.3 is 7.12 Å². The molecule has 7 heteroatoms. The zero-order chi connectivity index (χ0) is 13.1. The van der Waals surface area contributed by atoms with E-state index in [1.54, 1.807) is 12.1 Å². The Hall–Kier alpha value is -1.70. The Morgan fingerprint density at radius 2 is 2.11 bits per heavy atom.